The molecule has 2 aromatic heterocycles. The molecule has 1 aliphatic rings. The third-order valence-electron chi connectivity index (χ3n) is 5.23. The van der Waals surface area contributed by atoms with E-state index in [1.807, 2.05) is 6.92 Å². The summed E-state index contributed by atoms with van der Waals surface area (Å²) in [4.78, 5) is 32.4. The van der Waals surface area contributed by atoms with Crippen LogP contribution in [0.4, 0.5) is 13.9 Å². The van der Waals surface area contributed by atoms with Crippen LogP contribution in [0.5, 0.6) is 5.75 Å². The van der Waals surface area contributed by atoms with Crippen molar-refractivity contribution in [3.05, 3.63) is 53.3 Å². The van der Waals surface area contributed by atoms with E-state index in [-0.39, 0.29) is 23.5 Å². The Morgan fingerprint density at radius 3 is 2.75 bits per heavy atom. The smallest absolute Gasteiger partial charge is 0.387 e. The number of furan rings is 1. The van der Waals surface area contributed by atoms with Gasteiger partial charge < -0.3 is 19.4 Å². The summed E-state index contributed by atoms with van der Waals surface area (Å²) in [6, 6.07) is 7.80. The van der Waals surface area contributed by atoms with E-state index in [2.05, 4.69) is 15.0 Å². The van der Waals surface area contributed by atoms with E-state index in [0.29, 0.717) is 35.9 Å². The molecule has 2 amide bonds. The number of carbonyl (C=O) groups is 2. The maximum Gasteiger partial charge on any atom is 0.387 e. The van der Waals surface area contributed by atoms with E-state index in [1.165, 1.54) is 36.0 Å². The minimum absolute atomic E-state index is 0.0666. The van der Waals surface area contributed by atoms with E-state index in [1.54, 1.807) is 23.1 Å². The molecule has 0 spiro atoms. The number of aryl methyl sites for hydroxylation is 1. The number of carbonyl (C=O) groups excluding carboxylic acids is 2. The van der Waals surface area contributed by atoms with Crippen LogP contribution in [0.3, 0.4) is 0 Å². The van der Waals surface area contributed by atoms with E-state index in [9.17, 15) is 18.4 Å². The molecule has 10 heteroatoms. The maximum absolute atomic E-state index is 12.8. The number of benzene rings is 1. The zero-order valence-electron chi connectivity index (χ0n) is 17.2. The number of nitrogens with zero attached hydrogens (tertiary/aromatic N) is 2. The highest BCUT2D eigenvalue weighted by Gasteiger charge is 2.30. The summed E-state index contributed by atoms with van der Waals surface area (Å²) in [7, 11) is 0. The van der Waals surface area contributed by atoms with Crippen LogP contribution in [0.15, 0.2) is 47.3 Å². The lowest BCUT2D eigenvalue weighted by molar-refractivity contribution is -0.121. The van der Waals surface area contributed by atoms with Gasteiger partial charge in [0.2, 0.25) is 5.91 Å². The minimum Gasteiger partial charge on any atom is -0.472 e. The Bertz CT molecular complexity index is 1080. The number of thiazole rings is 1. The highest BCUT2D eigenvalue weighted by atomic mass is 32.1. The Hall–Kier alpha value is -3.27. The standard InChI is InChI=1S/C22H21F2N3O4S/c1-13-18(14-4-6-17(7-5-14)31-21(23)24)25-22(32-13)26-19(28)15-3-2-9-27(11-15)20(29)16-8-10-30-12-16/h4-8,10,12,15,21H,2-3,9,11H2,1H3,(H,25,26,28). The first-order chi connectivity index (χ1) is 15.4. The molecule has 1 N–H and O–H groups in total. The van der Waals surface area contributed by atoms with Crippen LogP contribution in [0.25, 0.3) is 11.3 Å². The summed E-state index contributed by atoms with van der Waals surface area (Å²) in [5, 5.41) is 3.31. The van der Waals surface area contributed by atoms with E-state index in [0.717, 1.165) is 16.9 Å². The number of rotatable bonds is 6. The van der Waals surface area contributed by atoms with Crippen molar-refractivity contribution in [3.8, 4) is 17.0 Å². The molecule has 3 heterocycles. The van der Waals surface area contributed by atoms with Crippen molar-refractivity contribution in [1.29, 1.82) is 0 Å². The fraction of sp³-hybridized carbons (Fsp3) is 0.318. The van der Waals surface area contributed by atoms with Crippen LogP contribution in [-0.4, -0.2) is 41.4 Å². The van der Waals surface area contributed by atoms with Gasteiger partial charge >= 0.3 is 6.61 Å². The highest BCUT2D eigenvalue weighted by molar-refractivity contribution is 7.16. The molecule has 4 rings (SSSR count). The molecule has 1 fully saturated rings. The number of alkyl halides is 2. The van der Waals surface area contributed by atoms with Gasteiger partial charge in [-0.1, -0.05) is 0 Å². The molecule has 0 saturated carbocycles. The molecule has 7 nitrogen and oxygen atoms in total. The van der Waals surface area contributed by atoms with Crippen LogP contribution < -0.4 is 10.1 Å². The molecule has 32 heavy (non-hydrogen) atoms. The summed E-state index contributed by atoms with van der Waals surface area (Å²) >= 11 is 1.33. The summed E-state index contributed by atoms with van der Waals surface area (Å²) in [6.07, 6.45) is 4.27. The van der Waals surface area contributed by atoms with Gasteiger partial charge in [-0.05, 0) is 50.1 Å². The molecule has 1 aromatic carbocycles. The van der Waals surface area contributed by atoms with Crippen LogP contribution >= 0.6 is 11.3 Å². The zero-order valence-corrected chi connectivity index (χ0v) is 18.0. The van der Waals surface area contributed by atoms with E-state index >= 15 is 0 Å². The maximum atomic E-state index is 12.8. The Labute approximate surface area is 187 Å². The summed E-state index contributed by atoms with van der Waals surface area (Å²) < 4.78 is 34.0. The van der Waals surface area contributed by atoms with Gasteiger partial charge in [-0.3, -0.25) is 9.59 Å². The molecular weight excluding hydrogens is 440 g/mol. The van der Waals surface area contributed by atoms with E-state index in [4.69, 9.17) is 4.42 Å². The first kappa shape index (κ1) is 21.9. The molecular formula is C22H21F2N3O4S. The predicted molar refractivity (Wildman–Crippen MR) is 115 cm³/mol. The van der Waals surface area contributed by atoms with Crippen LogP contribution in [0, 0.1) is 12.8 Å². The van der Waals surface area contributed by atoms with Gasteiger partial charge in [-0.25, -0.2) is 4.98 Å². The van der Waals surface area contributed by atoms with Crippen molar-refractivity contribution in [3.63, 3.8) is 0 Å². The monoisotopic (exact) mass is 461 g/mol. The number of amides is 2. The fourth-order valence-electron chi connectivity index (χ4n) is 3.66. The number of ether oxygens (including phenoxy) is 1. The number of hydrogen-bond donors (Lipinski definition) is 1. The topological polar surface area (TPSA) is 84.7 Å². The van der Waals surface area contributed by atoms with Gasteiger partial charge in [0.1, 0.15) is 12.0 Å². The number of hydrogen-bond acceptors (Lipinski definition) is 6. The van der Waals surface area contributed by atoms with Gasteiger partial charge in [0.25, 0.3) is 5.91 Å². The normalized spacial score (nSPS) is 16.2. The van der Waals surface area contributed by atoms with Gasteiger partial charge in [0.05, 0.1) is 23.4 Å². The van der Waals surface area contributed by atoms with Gasteiger partial charge in [-0.2, -0.15) is 8.78 Å². The minimum atomic E-state index is -2.88. The lowest BCUT2D eigenvalue weighted by Crippen LogP contribution is -2.43. The molecule has 1 unspecified atom stereocenters. The van der Waals surface area contributed by atoms with Crippen LogP contribution in [0.2, 0.25) is 0 Å². The SMILES string of the molecule is Cc1sc(NC(=O)C2CCCN(C(=O)c3ccoc3)C2)nc1-c1ccc(OC(F)F)cc1. The van der Waals surface area contributed by atoms with Crippen molar-refractivity contribution in [2.45, 2.75) is 26.4 Å². The third kappa shape index (κ3) is 4.96. The number of nitrogens with one attached hydrogen (secondary N) is 1. The molecule has 0 bridgehead atoms. The molecule has 168 valence electrons. The number of anilines is 1. The number of aromatic nitrogens is 1. The van der Waals surface area contributed by atoms with Crippen molar-refractivity contribution in [2.24, 2.45) is 5.92 Å². The van der Waals surface area contributed by atoms with Crippen LogP contribution in [0.1, 0.15) is 28.1 Å². The second-order valence-corrected chi connectivity index (χ2v) is 8.62. The molecule has 0 aliphatic carbocycles. The lowest BCUT2D eigenvalue weighted by Gasteiger charge is -2.31. The zero-order chi connectivity index (χ0) is 22.7. The fourth-order valence-corrected chi connectivity index (χ4v) is 4.50. The molecule has 1 saturated heterocycles. The summed E-state index contributed by atoms with van der Waals surface area (Å²) in [5.74, 6) is -0.603. The largest absolute Gasteiger partial charge is 0.472 e. The predicted octanol–water partition coefficient (Wildman–Crippen LogP) is 4.80. The van der Waals surface area contributed by atoms with Crippen LogP contribution in [-0.2, 0) is 4.79 Å². The highest BCUT2D eigenvalue weighted by Crippen LogP contribution is 2.32. The number of halogens is 2. The summed E-state index contributed by atoms with van der Waals surface area (Å²) in [5.41, 5.74) is 1.86. The average Bonchev–Trinajstić information content (AvgIpc) is 3.43. The quantitative estimate of drug-likeness (QED) is 0.570. The molecule has 1 aliphatic heterocycles. The van der Waals surface area contributed by atoms with Gasteiger partial charge in [0.15, 0.2) is 5.13 Å². The second-order valence-electron chi connectivity index (χ2n) is 7.42. The van der Waals surface area contributed by atoms with Crippen molar-refractivity contribution in [2.75, 3.05) is 18.4 Å². The van der Waals surface area contributed by atoms with Crippen molar-refractivity contribution >= 4 is 28.3 Å². The van der Waals surface area contributed by atoms with E-state index < -0.39 is 6.61 Å². The molecule has 0 radical (unpaired) electrons. The Morgan fingerprint density at radius 1 is 1.28 bits per heavy atom. The molecule has 3 aromatic rings. The Morgan fingerprint density at radius 2 is 2.06 bits per heavy atom. The Kier molecular flexibility index (Phi) is 6.50. The lowest BCUT2D eigenvalue weighted by atomic mass is 9.97. The van der Waals surface area contributed by atoms with Gasteiger partial charge in [0, 0.05) is 23.5 Å². The van der Waals surface area contributed by atoms with Crippen molar-refractivity contribution in [1.82, 2.24) is 9.88 Å². The second kappa shape index (κ2) is 9.47. The van der Waals surface area contributed by atoms with Crippen molar-refractivity contribution < 1.29 is 27.5 Å². The third-order valence-corrected chi connectivity index (χ3v) is 6.11. The number of likely N-dealkylation sites (tertiary alicyclic amines) is 1. The first-order valence-electron chi connectivity index (χ1n) is 10.1. The first-order valence-corrected chi connectivity index (χ1v) is 10.9. The number of piperidine rings is 1. The average molecular weight is 461 g/mol. The van der Waals surface area contributed by atoms with Gasteiger partial charge in [-0.15, -0.1) is 11.3 Å². The Balaban J connectivity index is 1.41. The summed E-state index contributed by atoms with van der Waals surface area (Å²) in [6.45, 7) is -0.0783. The molecule has 1 atom stereocenters.